The number of hydroxylamine groups is 2. The van der Waals surface area contributed by atoms with Gasteiger partial charge in [0, 0.05) is 61.6 Å². The molecule has 3 N–H and O–H groups in total. The molecule has 2 unspecified atom stereocenters. The molecule has 56 heavy (non-hydrogen) atoms. The molecule has 4 aliphatic rings. The summed E-state index contributed by atoms with van der Waals surface area (Å²) >= 11 is 0. The average molecular weight is 769 g/mol. The van der Waals surface area contributed by atoms with Crippen LogP contribution in [-0.4, -0.2) is 93.0 Å². The summed E-state index contributed by atoms with van der Waals surface area (Å²) in [7, 11) is 7.11. The van der Waals surface area contributed by atoms with Crippen LogP contribution >= 0.6 is 0 Å². The van der Waals surface area contributed by atoms with E-state index >= 15 is 0 Å². The van der Waals surface area contributed by atoms with E-state index in [1.165, 1.54) is 6.42 Å². The van der Waals surface area contributed by atoms with Gasteiger partial charge in [-0.05, 0) is 96.7 Å². The topological polar surface area (TPSA) is 133 Å². The number of rotatable bonds is 15. The molecule has 0 radical (unpaired) electrons. The predicted octanol–water partition coefficient (Wildman–Crippen LogP) is 6.19. The Morgan fingerprint density at radius 1 is 1.09 bits per heavy atom. The van der Waals surface area contributed by atoms with Crippen LogP contribution in [0.2, 0.25) is 0 Å². The minimum atomic E-state index is -0.839. The molecule has 302 valence electrons. The lowest BCUT2D eigenvalue weighted by Crippen LogP contribution is -2.55. The number of aliphatic imine (C=N–C) groups is 1. The second-order valence-corrected chi connectivity index (χ2v) is 16.8. The number of anilines is 1. The monoisotopic (exact) mass is 768 g/mol. The van der Waals surface area contributed by atoms with Crippen molar-refractivity contribution in [1.82, 2.24) is 10.4 Å². The lowest BCUT2D eigenvalue weighted by atomic mass is 9.43. The minimum Gasteiger partial charge on any atom is -0.497 e. The maximum Gasteiger partial charge on any atom is 0.251 e. The first kappa shape index (κ1) is 41.3. The summed E-state index contributed by atoms with van der Waals surface area (Å²) in [6.45, 7) is 9.06. The third-order valence-corrected chi connectivity index (χ3v) is 13.0. The molecule has 1 saturated heterocycles. The van der Waals surface area contributed by atoms with Crippen molar-refractivity contribution in [2.45, 2.75) is 78.2 Å². The van der Waals surface area contributed by atoms with Gasteiger partial charge in [-0.25, -0.2) is 4.99 Å². The summed E-state index contributed by atoms with van der Waals surface area (Å²) in [5, 5.41) is 26.0. The summed E-state index contributed by atoms with van der Waals surface area (Å²) < 4.78 is 11.3. The zero-order valence-corrected chi connectivity index (χ0v) is 34.2. The van der Waals surface area contributed by atoms with E-state index in [0.717, 1.165) is 40.1 Å². The molecule has 11 heteroatoms. The molecule has 11 nitrogen and oxygen atoms in total. The third kappa shape index (κ3) is 8.66. The number of nitrogens with one attached hydrogen (secondary N) is 1. The Kier molecular flexibility index (Phi) is 12.9. The molecule has 8 atom stereocenters. The lowest BCUT2D eigenvalue weighted by molar-refractivity contribution is -0.179. The number of hydrogen-bond acceptors (Lipinski definition) is 9. The van der Waals surface area contributed by atoms with Crippen LogP contribution in [0.15, 0.2) is 65.7 Å². The van der Waals surface area contributed by atoms with Crippen molar-refractivity contribution in [2.24, 2.45) is 40.0 Å². The van der Waals surface area contributed by atoms with Crippen molar-refractivity contribution in [2.75, 3.05) is 46.4 Å². The second-order valence-electron chi connectivity index (χ2n) is 16.8. The zero-order valence-electron chi connectivity index (χ0n) is 34.2. The lowest BCUT2D eigenvalue weighted by Gasteiger charge is -2.61. The summed E-state index contributed by atoms with van der Waals surface area (Å²) in [6.07, 6.45) is 3.35. The molecule has 0 aromatic heterocycles. The predicted molar refractivity (Wildman–Crippen MR) is 219 cm³/mol. The average Bonchev–Trinajstić information content (AvgIpc) is 3.53. The highest BCUT2D eigenvalue weighted by Crippen LogP contribution is 2.62. The van der Waals surface area contributed by atoms with Crippen molar-refractivity contribution in [3.8, 4) is 22.6 Å². The van der Waals surface area contributed by atoms with Crippen LogP contribution in [0.25, 0.3) is 11.1 Å². The first-order valence-corrected chi connectivity index (χ1v) is 19.9. The number of hydrogen-bond donors (Lipinski definition) is 3. The van der Waals surface area contributed by atoms with Gasteiger partial charge < -0.3 is 29.9 Å². The first-order valence-electron chi connectivity index (χ1n) is 19.9. The van der Waals surface area contributed by atoms with Gasteiger partial charge in [0.05, 0.1) is 39.5 Å². The maximum absolute atomic E-state index is 13.5. The van der Waals surface area contributed by atoms with Gasteiger partial charge in [-0.2, -0.15) is 5.06 Å². The van der Waals surface area contributed by atoms with E-state index in [-0.39, 0.29) is 37.3 Å². The Morgan fingerprint density at radius 3 is 2.46 bits per heavy atom. The highest BCUT2D eigenvalue weighted by molar-refractivity contribution is 5.97. The zero-order chi connectivity index (χ0) is 40.3. The van der Waals surface area contributed by atoms with Gasteiger partial charge >= 0.3 is 0 Å². The molecule has 2 amide bonds. The molecule has 3 saturated carbocycles. The van der Waals surface area contributed by atoms with Gasteiger partial charge in [-0.3, -0.25) is 14.4 Å². The van der Waals surface area contributed by atoms with Gasteiger partial charge in [0.25, 0.3) is 5.91 Å². The quantitative estimate of drug-likeness (QED) is 0.155. The first-order chi connectivity index (χ1) is 26.7. The van der Waals surface area contributed by atoms with Crippen molar-refractivity contribution in [3.05, 3.63) is 77.4 Å². The fraction of sp³-hybridized carbons (Fsp3) is 0.533. The van der Waals surface area contributed by atoms with E-state index in [2.05, 4.69) is 31.1 Å². The minimum absolute atomic E-state index is 0.0336. The Labute approximate surface area is 332 Å². The smallest absolute Gasteiger partial charge is 0.251 e. The van der Waals surface area contributed by atoms with E-state index in [0.29, 0.717) is 47.4 Å². The molecular weight excluding hydrogens is 709 g/mol. The Balaban J connectivity index is 1.21. The van der Waals surface area contributed by atoms with Crippen molar-refractivity contribution < 1.29 is 34.1 Å². The van der Waals surface area contributed by atoms with Gasteiger partial charge in [-0.1, -0.05) is 51.1 Å². The molecule has 0 spiro atoms. The van der Waals surface area contributed by atoms with Crippen molar-refractivity contribution in [1.29, 1.82) is 0 Å². The summed E-state index contributed by atoms with van der Waals surface area (Å²) in [5.41, 5.74) is 5.18. The number of carbonyl (C=O) groups excluding carboxylic acids is 2. The molecule has 1 heterocycles. The maximum atomic E-state index is 13.5. The Hall–Kier alpha value is -4.29. The molecule has 4 fully saturated rings. The number of nitrogens with zero attached hydrogens (tertiary/aromatic N) is 3. The number of aliphatic hydroxyl groups excluding tert-OH is 2. The molecule has 3 aromatic carbocycles. The number of aliphatic hydroxyl groups is 2. The van der Waals surface area contributed by atoms with Crippen molar-refractivity contribution >= 4 is 23.7 Å². The number of benzene rings is 3. The van der Waals surface area contributed by atoms with Crippen LogP contribution in [-0.2, 0) is 22.6 Å². The summed E-state index contributed by atoms with van der Waals surface area (Å²) in [6, 6.07) is 18.8. The molecule has 2 bridgehead atoms. The number of fused-ring (bicyclic) bond motifs is 2. The fourth-order valence-electron chi connectivity index (χ4n) is 9.46. The van der Waals surface area contributed by atoms with Crippen LogP contribution in [0, 0.1) is 35.0 Å². The Morgan fingerprint density at radius 2 is 1.84 bits per heavy atom. The number of ether oxygens (including phenoxy) is 2. The second kappa shape index (κ2) is 17.5. The highest BCUT2D eigenvalue weighted by atomic mass is 16.7. The van der Waals surface area contributed by atoms with E-state index < -0.39 is 24.2 Å². The van der Waals surface area contributed by atoms with Crippen LogP contribution < -0.4 is 19.7 Å². The molecule has 1 aliphatic heterocycles. The van der Waals surface area contributed by atoms with Crippen LogP contribution in [0.3, 0.4) is 0 Å². The number of amides is 2. The van der Waals surface area contributed by atoms with E-state index in [4.69, 9.17) is 14.3 Å². The van der Waals surface area contributed by atoms with Crippen LogP contribution in [0.4, 0.5) is 5.69 Å². The molecule has 3 aromatic rings. The van der Waals surface area contributed by atoms with Gasteiger partial charge in [-0.15, -0.1) is 0 Å². The van der Waals surface area contributed by atoms with Gasteiger partial charge in [0.2, 0.25) is 5.91 Å². The number of para-hydroxylation sites is 1. The third-order valence-electron chi connectivity index (χ3n) is 13.0. The van der Waals surface area contributed by atoms with E-state index in [1.807, 2.05) is 85.9 Å². The summed E-state index contributed by atoms with van der Waals surface area (Å²) in [4.78, 5) is 39.8. The van der Waals surface area contributed by atoms with Crippen LogP contribution in [0.1, 0.15) is 68.4 Å². The molecular formula is C45H60N4O7. The number of carbonyl (C=O) groups is 2. The van der Waals surface area contributed by atoms with Gasteiger partial charge in [0.15, 0.2) is 0 Å². The summed E-state index contributed by atoms with van der Waals surface area (Å²) in [5.74, 6) is 2.46. The normalized spacial score (nSPS) is 26.1. The Bertz CT molecular complexity index is 1880. The molecule has 7 rings (SSSR count). The molecule has 3 aliphatic carbocycles. The standard InChI is InChI=1S/C45H60N4O7/c1-27-33(19-34-22-38(27)45(34,3)4)24-47-41(52)23-39-42(28(2)51)40(26-50)56-49(39)25-30-10-9-11-37(43(30)55-8)31-18-32(21-35(20-31)48(5)6)44(53)46-17-16-29-12-14-36(54-7)15-13-29/h9-15,18,20-21,24,27-28,33-34,38-40,42,50-51H,16-17,19,22-23,25-26H2,1-8H3,(H,46,53)/t27?,28-,33?,34-,38-,39+,40-,42-/m0/s1. The van der Waals surface area contributed by atoms with E-state index in [1.54, 1.807) is 26.2 Å². The van der Waals surface area contributed by atoms with E-state index in [9.17, 15) is 19.8 Å². The SMILES string of the molecule is COc1ccc(CCNC(=O)c2cc(-c3cccc(CN4O[C@@H](CO)[C@@H]([C@H](C)O)[C@H]4CC(=O)N=CC4C[C@H]5C[C@@H](C4C)C5(C)C)c3OC)cc(N(C)C)c2)cc1. The number of methoxy groups -OCH3 is 2. The van der Waals surface area contributed by atoms with Crippen molar-refractivity contribution in [3.63, 3.8) is 0 Å². The van der Waals surface area contributed by atoms with Crippen LogP contribution in [0.5, 0.6) is 11.5 Å². The highest BCUT2D eigenvalue weighted by Gasteiger charge is 2.56. The fourth-order valence-corrected chi connectivity index (χ4v) is 9.46. The van der Waals surface area contributed by atoms with Gasteiger partial charge in [0.1, 0.15) is 17.6 Å². The largest absolute Gasteiger partial charge is 0.497 e.